The SMILES string of the molecule is Cc1nn(-c2cc(Cl)cc(Cl)c2)c2c1C(=O)C(=O)c1ccccc1-2. The quantitative estimate of drug-likeness (QED) is 0.601. The normalized spacial score (nSPS) is 13.0. The number of ketones is 2. The molecule has 6 heteroatoms. The Labute approximate surface area is 147 Å². The van der Waals surface area contributed by atoms with Crippen LogP contribution in [0.25, 0.3) is 16.9 Å². The van der Waals surface area contributed by atoms with E-state index >= 15 is 0 Å². The summed E-state index contributed by atoms with van der Waals surface area (Å²) in [6, 6.07) is 12.1. The van der Waals surface area contributed by atoms with E-state index in [-0.39, 0.29) is 0 Å². The Kier molecular flexibility index (Phi) is 3.34. The zero-order chi connectivity index (χ0) is 17.0. The van der Waals surface area contributed by atoms with E-state index < -0.39 is 11.6 Å². The molecule has 0 aliphatic heterocycles. The van der Waals surface area contributed by atoms with Crippen molar-refractivity contribution in [2.45, 2.75) is 6.92 Å². The van der Waals surface area contributed by atoms with Gasteiger partial charge in [-0.2, -0.15) is 5.10 Å². The van der Waals surface area contributed by atoms with Crippen LogP contribution in [0.15, 0.2) is 42.5 Å². The second kappa shape index (κ2) is 5.30. The molecule has 24 heavy (non-hydrogen) atoms. The third-order valence-corrected chi connectivity index (χ3v) is 4.45. The molecule has 1 aromatic heterocycles. The molecule has 4 nitrogen and oxygen atoms in total. The summed E-state index contributed by atoms with van der Waals surface area (Å²) in [5, 5.41) is 5.38. The van der Waals surface area contributed by atoms with Crippen molar-refractivity contribution in [3.63, 3.8) is 0 Å². The topological polar surface area (TPSA) is 52.0 Å². The van der Waals surface area contributed by atoms with Crippen LogP contribution < -0.4 is 0 Å². The van der Waals surface area contributed by atoms with E-state index in [1.807, 2.05) is 12.1 Å². The van der Waals surface area contributed by atoms with E-state index in [1.54, 1.807) is 41.9 Å². The summed E-state index contributed by atoms with van der Waals surface area (Å²) < 4.78 is 1.62. The highest BCUT2D eigenvalue weighted by Crippen LogP contribution is 2.37. The lowest BCUT2D eigenvalue weighted by Crippen LogP contribution is -2.22. The number of aryl methyl sites for hydroxylation is 1. The van der Waals surface area contributed by atoms with Gasteiger partial charge in [-0.05, 0) is 25.1 Å². The lowest BCUT2D eigenvalue weighted by atomic mass is 9.87. The molecule has 0 atom stereocenters. The van der Waals surface area contributed by atoms with Crippen LogP contribution in [0.1, 0.15) is 26.4 Å². The Morgan fingerprint density at radius 3 is 2.21 bits per heavy atom. The molecule has 2 aromatic carbocycles. The van der Waals surface area contributed by atoms with Crippen LogP contribution in [0, 0.1) is 6.92 Å². The average molecular weight is 357 g/mol. The Morgan fingerprint density at radius 1 is 0.917 bits per heavy atom. The first-order valence-electron chi connectivity index (χ1n) is 7.22. The third-order valence-electron chi connectivity index (χ3n) is 4.01. The molecule has 0 N–H and O–H groups in total. The fraction of sp³-hybridized carbons (Fsp3) is 0.0556. The maximum Gasteiger partial charge on any atom is 0.237 e. The monoisotopic (exact) mass is 356 g/mol. The van der Waals surface area contributed by atoms with Gasteiger partial charge in [0.1, 0.15) is 0 Å². The van der Waals surface area contributed by atoms with Crippen molar-refractivity contribution >= 4 is 34.8 Å². The second-order valence-electron chi connectivity index (χ2n) is 5.55. The second-order valence-corrected chi connectivity index (χ2v) is 6.43. The standard InChI is InChI=1S/C18H10Cl2N2O2/c1-9-15-16(13-4-2-3-5-14(13)17(23)18(15)24)22(21-9)12-7-10(19)6-11(20)8-12/h2-8H,1H3. The largest absolute Gasteiger partial charge is 0.285 e. The van der Waals surface area contributed by atoms with E-state index in [9.17, 15) is 9.59 Å². The van der Waals surface area contributed by atoms with Crippen molar-refractivity contribution < 1.29 is 9.59 Å². The first-order valence-corrected chi connectivity index (χ1v) is 7.97. The van der Waals surface area contributed by atoms with E-state index in [4.69, 9.17) is 23.2 Å². The van der Waals surface area contributed by atoms with Gasteiger partial charge in [0.2, 0.25) is 11.6 Å². The lowest BCUT2D eigenvalue weighted by molar-refractivity contribution is 0.0815. The van der Waals surface area contributed by atoms with Gasteiger partial charge in [-0.1, -0.05) is 47.5 Å². The van der Waals surface area contributed by atoms with Gasteiger partial charge in [-0.15, -0.1) is 0 Å². The molecular weight excluding hydrogens is 347 g/mol. The molecule has 0 unspecified atom stereocenters. The molecule has 1 aliphatic rings. The fourth-order valence-electron chi connectivity index (χ4n) is 3.02. The van der Waals surface area contributed by atoms with Crippen molar-refractivity contribution in [3.8, 4) is 16.9 Å². The van der Waals surface area contributed by atoms with Gasteiger partial charge in [0.05, 0.1) is 22.6 Å². The number of carbonyl (C=O) groups is 2. The molecule has 3 aromatic rings. The number of benzene rings is 2. The van der Waals surface area contributed by atoms with Crippen LogP contribution in [-0.4, -0.2) is 21.3 Å². The van der Waals surface area contributed by atoms with Crippen molar-refractivity contribution in [2.75, 3.05) is 0 Å². The van der Waals surface area contributed by atoms with Crippen LogP contribution in [0.3, 0.4) is 0 Å². The maximum atomic E-state index is 12.5. The number of carbonyl (C=O) groups excluding carboxylic acids is 2. The summed E-state index contributed by atoms with van der Waals surface area (Å²) in [5.41, 5.74) is 3.10. The number of hydrogen-bond acceptors (Lipinski definition) is 3. The molecule has 0 radical (unpaired) electrons. The number of hydrogen-bond donors (Lipinski definition) is 0. The smallest absolute Gasteiger partial charge is 0.237 e. The predicted octanol–water partition coefficient (Wildman–Crippen LogP) is 4.53. The molecule has 0 saturated heterocycles. The molecule has 0 saturated carbocycles. The number of rotatable bonds is 1. The van der Waals surface area contributed by atoms with Gasteiger partial charge in [0.15, 0.2) is 0 Å². The maximum absolute atomic E-state index is 12.5. The van der Waals surface area contributed by atoms with Crippen LogP contribution in [-0.2, 0) is 0 Å². The molecule has 0 fully saturated rings. The summed E-state index contributed by atoms with van der Waals surface area (Å²) in [6.45, 7) is 1.71. The summed E-state index contributed by atoms with van der Waals surface area (Å²) in [6.07, 6.45) is 0. The number of Topliss-reactive ketones (excluding diaryl/α,β-unsaturated/α-hetero) is 2. The van der Waals surface area contributed by atoms with E-state index in [1.165, 1.54) is 0 Å². The van der Waals surface area contributed by atoms with Crippen LogP contribution in [0.2, 0.25) is 10.0 Å². The molecule has 118 valence electrons. The van der Waals surface area contributed by atoms with Crippen LogP contribution in [0.4, 0.5) is 0 Å². The highest BCUT2D eigenvalue weighted by molar-refractivity contribution is 6.53. The average Bonchev–Trinajstić information content (AvgIpc) is 2.89. The minimum absolute atomic E-state index is 0.329. The zero-order valence-corrected chi connectivity index (χ0v) is 14.0. The number of nitrogens with zero attached hydrogens (tertiary/aromatic N) is 2. The Balaban J connectivity index is 2.09. The van der Waals surface area contributed by atoms with Gasteiger partial charge < -0.3 is 0 Å². The van der Waals surface area contributed by atoms with E-state index in [0.717, 1.165) is 0 Å². The third kappa shape index (κ3) is 2.11. The minimum atomic E-state index is -0.541. The predicted molar refractivity (Wildman–Crippen MR) is 92.4 cm³/mol. The molecule has 4 rings (SSSR count). The van der Waals surface area contributed by atoms with Crippen molar-refractivity contribution in [1.29, 1.82) is 0 Å². The molecule has 1 aliphatic carbocycles. The number of halogens is 2. The van der Waals surface area contributed by atoms with Crippen LogP contribution in [0.5, 0.6) is 0 Å². The molecule has 1 heterocycles. The van der Waals surface area contributed by atoms with Gasteiger partial charge in [-0.25, -0.2) is 4.68 Å². The summed E-state index contributed by atoms with van der Waals surface area (Å²) in [7, 11) is 0. The first-order chi connectivity index (χ1) is 11.5. The Hall–Kier alpha value is -2.43. The molecule has 0 amide bonds. The molecule has 0 spiro atoms. The van der Waals surface area contributed by atoms with Crippen molar-refractivity contribution in [2.24, 2.45) is 0 Å². The summed E-state index contributed by atoms with van der Waals surface area (Å²) in [4.78, 5) is 24.9. The minimum Gasteiger partial charge on any atom is -0.285 e. The molecular formula is C18H10Cl2N2O2. The number of aromatic nitrogens is 2. The zero-order valence-electron chi connectivity index (χ0n) is 12.5. The van der Waals surface area contributed by atoms with E-state index in [2.05, 4.69) is 5.10 Å². The summed E-state index contributed by atoms with van der Waals surface area (Å²) >= 11 is 12.2. The van der Waals surface area contributed by atoms with Gasteiger partial charge in [-0.3, -0.25) is 9.59 Å². The highest BCUT2D eigenvalue weighted by Gasteiger charge is 2.35. The van der Waals surface area contributed by atoms with Gasteiger partial charge >= 0.3 is 0 Å². The number of fused-ring (bicyclic) bond motifs is 3. The molecule has 0 bridgehead atoms. The van der Waals surface area contributed by atoms with Crippen molar-refractivity contribution in [3.05, 3.63) is 69.3 Å². The highest BCUT2D eigenvalue weighted by atomic mass is 35.5. The first kappa shape index (κ1) is 15.1. The lowest BCUT2D eigenvalue weighted by Gasteiger charge is -2.17. The fourth-order valence-corrected chi connectivity index (χ4v) is 3.53. The van der Waals surface area contributed by atoms with E-state index in [0.29, 0.717) is 43.8 Å². The Bertz CT molecular complexity index is 1020. The van der Waals surface area contributed by atoms with Gasteiger partial charge in [0.25, 0.3) is 0 Å². The summed E-state index contributed by atoms with van der Waals surface area (Å²) in [5.74, 6) is -1.05. The van der Waals surface area contributed by atoms with Crippen LogP contribution >= 0.6 is 23.2 Å². The van der Waals surface area contributed by atoms with Crippen molar-refractivity contribution in [1.82, 2.24) is 9.78 Å². The van der Waals surface area contributed by atoms with Gasteiger partial charge in [0, 0.05) is 21.2 Å². The Morgan fingerprint density at radius 2 is 1.54 bits per heavy atom.